The van der Waals surface area contributed by atoms with Crippen LogP contribution in [-0.2, 0) is 11.2 Å². The second-order valence-electron chi connectivity index (χ2n) is 7.49. The SMILES string of the molecule is CCc1[nH]c2ccccc2c1C(=O)CCC(=O)N1CC=C(c2ccccc2)CC1. The van der Waals surface area contributed by atoms with Gasteiger partial charge in [-0.3, -0.25) is 9.59 Å². The molecule has 1 aliphatic heterocycles. The molecule has 0 bridgehead atoms. The highest BCUT2D eigenvalue weighted by Crippen LogP contribution is 2.26. The van der Waals surface area contributed by atoms with Gasteiger partial charge in [-0.05, 0) is 30.0 Å². The minimum Gasteiger partial charge on any atom is -0.358 e. The summed E-state index contributed by atoms with van der Waals surface area (Å²) in [4.78, 5) is 30.8. The fraction of sp³-hybridized carbons (Fsp3) is 0.280. The van der Waals surface area contributed by atoms with Crippen molar-refractivity contribution in [2.45, 2.75) is 32.6 Å². The average molecular weight is 386 g/mol. The highest BCUT2D eigenvalue weighted by molar-refractivity contribution is 6.10. The lowest BCUT2D eigenvalue weighted by Gasteiger charge is -2.26. The number of rotatable bonds is 6. The number of aryl methyl sites for hydroxylation is 1. The van der Waals surface area contributed by atoms with E-state index in [4.69, 9.17) is 0 Å². The molecule has 148 valence electrons. The molecule has 4 nitrogen and oxygen atoms in total. The summed E-state index contributed by atoms with van der Waals surface area (Å²) in [6, 6.07) is 18.2. The number of carbonyl (C=O) groups excluding carboxylic acids is 2. The number of para-hydroxylation sites is 1. The van der Waals surface area contributed by atoms with Gasteiger partial charge in [-0.15, -0.1) is 0 Å². The summed E-state index contributed by atoms with van der Waals surface area (Å²) in [5.74, 6) is 0.102. The number of Topliss-reactive ketones (excluding diaryl/α,β-unsaturated/α-hetero) is 1. The molecule has 1 amide bonds. The first-order valence-electron chi connectivity index (χ1n) is 10.3. The van der Waals surface area contributed by atoms with Crippen LogP contribution in [-0.4, -0.2) is 34.7 Å². The lowest BCUT2D eigenvalue weighted by atomic mass is 9.98. The summed E-state index contributed by atoms with van der Waals surface area (Å²) < 4.78 is 0. The predicted molar refractivity (Wildman–Crippen MR) is 117 cm³/mol. The molecular formula is C25H26N2O2. The maximum atomic E-state index is 12.9. The molecule has 0 fully saturated rings. The van der Waals surface area contributed by atoms with Crippen LogP contribution < -0.4 is 0 Å². The minimum atomic E-state index is 0.0465. The summed E-state index contributed by atoms with van der Waals surface area (Å²) in [6.07, 6.45) is 4.26. The smallest absolute Gasteiger partial charge is 0.223 e. The number of H-pyrrole nitrogens is 1. The number of nitrogens with zero attached hydrogens (tertiary/aromatic N) is 1. The zero-order valence-corrected chi connectivity index (χ0v) is 16.8. The van der Waals surface area contributed by atoms with E-state index in [9.17, 15) is 9.59 Å². The van der Waals surface area contributed by atoms with Crippen LogP contribution in [0.3, 0.4) is 0 Å². The monoisotopic (exact) mass is 386 g/mol. The van der Waals surface area contributed by atoms with Gasteiger partial charge >= 0.3 is 0 Å². The van der Waals surface area contributed by atoms with Crippen LogP contribution in [0.2, 0.25) is 0 Å². The molecule has 1 N–H and O–H groups in total. The molecule has 4 rings (SSSR count). The highest BCUT2D eigenvalue weighted by atomic mass is 16.2. The number of amides is 1. The van der Waals surface area contributed by atoms with Gasteiger partial charge in [0.1, 0.15) is 0 Å². The van der Waals surface area contributed by atoms with Crippen molar-refractivity contribution in [2.24, 2.45) is 0 Å². The quantitative estimate of drug-likeness (QED) is 0.606. The number of fused-ring (bicyclic) bond motifs is 1. The van der Waals surface area contributed by atoms with E-state index in [1.807, 2.05) is 54.3 Å². The first kappa shape index (κ1) is 19.2. The van der Waals surface area contributed by atoms with Gasteiger partial charge in [0.05, 0.1) is 0 Å². The van der Waals surface area contributed by atoms with Crippen molar-refractivity contribution in [3.63, 3.8) is 0 Å². The standard InChI is InChI=1S/C25H26N2O2/c1-2-21-25(20-10-6-7-11-22(20)26-21)23(28)12-13-24(29)27-16-14-19(15-17-27)18-8-4-3-5-9-18/h3-11,14,26H,2,12-13,15-17H2,1H3. The Bertz CT molecular complexity index is 1060. The maximum Gasteiger partial charge on any atom is 0.223 e. The predicted octanol–water partition coefficient (Wildman–Crippen LogP) is 5.01. The van der Waals surface area contributed by atoms with Crippen molar-refractivity contribution < 1.29 is 9.59 Å². The molecule has 0 aliphatic carbocycles. The van der Waals surface area contributed by atoms with Gasteiger partial charge in [0, 0.05) is 48.1 Å². The van der Waals surface area contributed by atoms with Crippen molar-refractivity contribution in [1.82, 2.24) is 9.88 Å². The first-order valence-corrected chi connectivity index (χ1v) is 10.3. The summed E-state index contributed by atoms with van der Waals surface area (Å²) in [7, 11) is 0. The largest absolute Gasteiger partial charge is 0.358 e. The van der Waals surface area contributed by atoms with Crippen molar-refractivity contribution in [3.8, 4) is 0 Å². The number of aromatic nitrogens is 1. The van der Waals surface area contributed by atoms with Crippen molar-refractivity contribution in [3.05, 3.63) is 77.5 Å². The van der Waals surface area contributed by atoms with E-state index in [0.29, 0.717) is 13.1 Å². The number of nitrogens with one attached hydrogen (secondary N) is 1. The number of benzene rings is 2. The van der Waals surface area contributed by atoms with Crippen molar-refractivity contribution in [1.29, 1.82) is 0 Å². The zero-order valence-electron chi connectivity index (χ0n) is 16.8. The van der Waals surface area contributed by atoms with E-state index in [1.165, 1.54) is 11.1 Å². The molecule has 0 unspecified atom stereocenters. The molecule has 2 aromatic carbocycles. The second-order valence-corrected chi connectivity index (χ2v) is 7.49. The molecule has 3 aromatic rings. The van der Waals surface area contributed by atoms with Gasteiger partial charge in [0.25, 0.3) is 0 Å². The minimum absolute atomic E-state index is 0.0465. The Morgan fingerprint density at radius 2 is 1.76 bits per heavy atom. The van der Waals surface area contributed by atoms with Gasteiger partial charge in [-0.2, -0.15) is 0 Å². The molecule has 0 radical (unpaired) electrons. The summed E-state index contributed by atoms with van der Waals surface area (Å²) in [6.45, 7) is 3.36. The van der Waals surface area contributed by atoms with Gasteiger partial charge in [-0.1, -0.05) is 61.5 Å². The third kappa shape index (κ3) is 4.02. The Morgan fingerprint density at radius 1 is 1.00 bits per heavy atom. The Kier molecular flexibility index (Phi) is 5.61. The normalized spacial score (nSPS) is 14.1. The highest BCUT2D eigenvalue weighted by Gasteiger charge is 2.21. The molecular weight excluding hydrogens is 360 g/mol. The molecule has 1 aliphatic rings. The molecule has 1 aromatic heterocycles. The molecule has 0 saturated carbocycles. The van der Waals surface area contributed by atoms with Crippen LogP contribution in [0.4, 0.5) is 0 Å². The number of hydrogen-bond donors (Lipinski definition) is 1. The third-order valence-corrected chi connectivity index (χ3v) is 5.69. The Labute approximate surface area is 171 Å². The van der Waals surface area contributed by atoms with E-state index in [1.54, 1.807) is 0 Å². The molecule has 0 saturated heterocycles. The van der Waals surface area contributed by atoms with Gasteiger partial charge in [0.2, 0.25) is 5.91 Å². The van der Waals surface area contributed by atoms with Crippen LogP contribution in [0, 0.1) is 0 Å². The number of hydrogen-bond acceptors (Lipinski definition) is 2. The molecule has 29 heavy (non-hydrogen) atoms. The Balaban J connectivity index is 1.39. The van der Waals surface area contributed by atoms with E-state index in [2.05, 4.69) is 23.2 Å². The van der Waals surface area contributed by atoms with Gasteiger partial charge < -0.3 is 9.88 Å². The Hall–Kier alpha value is -3.14. The maximum absolute atomic E-state index is 12.9. The van der Waals surface area contributed by atoms with E-state index in [0.717, 1.165) is 35.0 Å². The van der Waals surface area contributed by atoms with Crippen LogP contribution in [0.5, 0.6) is 0 Å². The van der Waals surface area contributed by atoms with Crippen molar-refractivity contribution in [2.75, 3.05) is 13.1 Å². The average Bonchev–Trinajstić information content (AvgIpc) is 3.17. The van der Waals surface area contributed by atoms with Gasteiger partial charge in [0.15, 0.2) is 5.78 Å². The van der Waals surface area contributed by atoms with E-state index in [-0.39, 0.29) is 24.5 Å². The first-order chi connectivity index (χ1) is 14.2. The van der Waals surface area contributed by atoms with Crippen LogP contribution in [0.1, 0.15) is 47.8 Å². The molecule has 4 heteroatoms. The fourth-order valence-electron chi connectivity index (χ4n) is 4.10. The summed E-state index contributed by atoms with van der Waals surface area (Å²) >= 11 is 0. The topological polar surface area (TPSA) is 53.2 Å². The molecule has 2 heterocycles. The van der Waals surface area contributed by atoms with Gasteiger partial charge in [-0.25, -0.2) is 0 Å². The Morgan fingerprint density at radius 3 is 2.48 bits per heavy atom. The number of ketones is 1. The number of aromatic amines is 1. The van der Waals surface area contributed by atoms with Crippen LogP contribution in [0.25, 0.3) is 16.5 Å². The number of carbonyl (C=O) groups is 2. The summed E-state index contributed by atoms with van der Waals surface area (Å²) in [5.41, 5.74) is 5.20. The summed E-state index contributed by atoms with van der Waals surface area (Å²) in [5, 5.41) is 0.954. The van der Waals surface area contributed by atoms with E-state index < -0.39 is 0 Å². The third-order valence-electron chi connectivity index (χ3n) is 5.69. The lowest BCUT2D eigenvalue weighted by Crippen LogP contribution is -2.34. The zero-order chi connectivity index (χ0) is 20.2. The van der Waals surface area contributed by atoms with Crippen LogP contribution in [0.15, 0.2) is 60.7 Å². The second kappa shape index (κ2) is 8.48. The lowest BCUT2D eigenvalue weighted by molar-refractivity contribution is -0.130. The van der Waals surface area contributed by atoms with Crippen molar-refractivity contribution >= 4 is 28.2 Å². The fourth-order valence-corrected chi connectivity index (χ4v) is 4.10. The van der Waals surface area contributed by atoms with E-state index >= 15 is 0 Å². The molecule has 0 spiro atoms. The van der Waals surface area contributed by atoms with Crippen LogP contribution >= 0.6 is 0 Å². The molecule has 0 atom stereocenters.